The summed E-state index contributed by atoms with van der Waals surface area (Å²) in [6.45, 7) is 6.03. The van der Waals surface area contributed by atoms with Gasteiger partial charge >= 0.3 is 0 Å². The van der Waals surface area contributed by atoms with Gasteiger partial charge in [-0.15, -0.1) is 11.3 Å². The van der Waals surface area contributed by atoms with E-state index in [0.29, 0.717) is 6.10 Å². The molecule has 1 aromatic heterocycles. The van der Waals surface area contributed by atoms with Crippen molar-refractivity contribution in [3.05, 3.63) is 21.7 Å². The van der Waals surface area contributed by atoms with Crippen LogP contribution >= 0.6 is 11.3 Å². The Balaban J connectivity index is 1.60. The lowest BCUT2D eigenvalue weighted by atomic mass is 9.88. The summed E-state index contributed by atoms with van der Waals surface area (Å²) >= 11 is 1.72. The molecule has 2 fully saturated rings. The van der Waals surface area contributed by atoms with Crippen LogP contribution in [0.4, 0.5) is 0 Å². The van der Waals surface area contributed by atoms with Crippen LogP contribution in [-0.2, 0) is 9.47 Å². The SMILES string of the molecule is CC(=Cc1csc(C)n1)C12CCCCCCCCCCCOCCC1O2. The van der Waals surface area contributed by atoms with E-state index in [-0.39, 0.29) is 5.60 Å². The van der Waals surface area contributed by atoms with Crippen molar-refractivity contribution in [2.24, 2.45) is 0 Å². The fraction of sp³-hybridized carbons (Fsp3) is 0.773. The number of hydrogen-bond acceptors (Lipinski definition) is 4. The van der Waals surface area contributed by atoms with Crippen molar-refractivity contribution in [3.8, 4) is 0 Å². The van der Waals surface area contributed by atoms with Gasteiger partial charge in [-0.2, -0.15) is 0 Å². The van der Waals surface area contributed by atoms with Crippen molar-refractivity contribution in [1.29, 1.82) is 0 Å². The highest BCUT2D eigenvalue weighted by Gasteiger charge is 2.56. The molecule has 146 valence electrons. The molecule has 0 radical (unpaired) electrons. The monoisotopic (exact) mass is 377 g/mol. The first-order valence-corrected chi connectivity index (χ1v) is 11.5. The first-order chi connectivity index (χ1) is 12.7. The predicted octanol–water partition coefficient (Wildman–Crippen LogP) is 6.31. The van der Waals surface area contributed by atoms with Gasteiger partial charge < -0.3 is 9.47 Å². The maximum Gasteiger partial charge on any atom is 0.116 e. The summed E-state index contributed by atoms with van der Waals surface area (Å²) < 4.78 is 12.2. The predicted molar refractivity (Wildman–Crippen MR) is 110 cm³/mol. The molecule has 2 aliphatic heterocycles. The quantitative estimate of drug-likeness (QED) is 0.566. The average Bonchev–Trinajstić information content (AvgIpc) is 3.18. The second-order valence-electron chi connectivity index (χ2n) is 7.95. The molecule has 0 aliphatic carbocycles. The minimum Gasteiger partial charge on any atom is -0.381 e. The largest absolute Gasteiger partial charge is 0.381 e. The van der Waals surface area contributed by atoms with Gasteiger partial charge in [0.15, 0.2) is 0 Å². The number of thiazole rings is 1. The Morgan fingerprint density at radius 1 is 1.08 bits per heavy atom. The second kappa shape index (κ2) is 10.0. The van der Waals surface area contributed by atoms with Gasteiger partial charge in [0, 0.05) is 25.0 Å². The van der Waals surface area contributed by atoms with E-state index in [1.54, 1.807) is 11.3 Å². The molecule has 0 spiro atoms. The van der Waals surface area contributed by atoms with E-state index in [9.17, 15) is 0 Å². The van der Waals surface area contributed by atoms with Crippen molar-refractivity contribution >= 4 is 17.4 Å². The van der Waals surface area contributed by atoms with Crippen molar-refractivity contribution in [1.82, 2.24) is 4.98 Å². The van der Waals surface area contributed by atoms with Crippen molar-refractivity contribution < 1.29 is 9.47 Å². The molecule has 3 rings (SSSR count). The van der Waals surface area contributed by atoms with Gasteiger partial charge in [0.1, 0.15) is 5.60 Å². The molecule has 1 aromatic rings. The Hall–Kier alpha value is -0.710. The standard InChI is InChI=1S/C22H35NO2S/c1-18(16-20-17-26-19(2)23-20)22-13-10-8-6-4-3-5-7-9-11-14-24-15-12-21(22)25-22/h16-17,21H,3-15H2,1-2H3. The van der Waals surface area contributed by atoms with Crippen LogP contribution in [0.15, 0.2) is 11.0 Å². The Bertz CT molecular complexity index is 582. The number of hydrogen-bond donors (Lipinski definition) is 0. The normalized spacial score (nSPS) is 29.9. The molecular weight excluding hydrogens is 342 g/mol. The third kappa shape index (κ3) is 5.64. The van der Waals surface area contributed by atoms with Gasteiger partial charge in [0.2, 0.25) is 0 Å². The minimum absolute atomic E-state index is 0.0576. The van der Waals surface area contributed by atoms with Crippen molar-refractivity contribution in [3.63, 3.8) is 0 Å². The van der Waals surface area contributed by atoms with E-state index < -0.39 is 0 Å². The van der Waals surface area contributed by atoms with Crippen LogP contribution in [0.1, 0.15) is 88.3 Å². The maximum absolute atomic E-state index is 6.30. The lowest BCUT2D eigenvalue weighted by Crippen LogP contribution is -2.18. The van der Waals surface area contributed by atoms with Crippen LogP contribution in [-0.4, -0.2) is 29.9 Å². The highest BCUT2D eigenvalue weighted by Crippen LogP contribution is 2.49. The van der Waals surface area contributed by atoms with Gasteiger partial charge in [0.25, 0.3) is 0 Å². The smallest absolute Gasteiger partial charge is 0.116 e. The Morgan fingerprint density at radius 2 is 1.77 bits per heavy atom. The summed E-state index contributed by atoms with van der Waals surface area (Å²) in [5, 5.41) is 3.27. The third-order valence-corrected chi connectivity index (χ3v) is 6.64. The summed E-state index contributed by atoms with van der Waals surface area (Å²) in [6.07, 6.45) is 16.8. The van der Waals surface area contributed by atoms with E-state index >= 15 is 0 Å². The number of rotatable bonds is 2. The molecule has 2 atom stereocenters. The molecular formula is C22H35NO2S. The molecule has 2 aliphatic rings. The van der Waals surface area contributed by atoms with Gasteiger partial charge in [-0.3, -0.25) is 0 Å². The van der Waals surface area contributed by atoms with Crippen LogP contribution in [0.3, 0.4) is 0 Å². The van der Waals surface area contributed by atoms with Crippen molar-refractivity contribution in [2.75, 3.05) is 13.2 Å². The fourth-order valence-corrected chi connectivity index (χ4v) is 4.76. The molecule has 0 bridgehead atoms. The van der Waals surface area contributed by atoms with E-state index in [0.717, 1.165) is 36.8 Å². The molecule has 0 aromatic carbocycles. The summed E-state index contributed by atoms with van der Waals surface area (Å²) in [5.41, 5.74) is 2.36. The maximum atomic E-state index is 6.30. The highest BCUT2D eigenvalue weighted by atomic mass is 32.1. The number of epoxide rings is 1. The van der Waals surface area contributed by atoms with Crippen LogP contribution in [0.25, 0.3) is 6.08 Å². The molecule has 3 heterocycles. The van der Waals surface area contributed by atoms with E-state index in [1.807, 2.05) is 0 Å². The summed E-state index contributed by atoms with van der Waals surface area (Å²) in [5.74, 6) is 0. The molecule has 2 unspecified atom stereocenters. The van der Waals surface area contributed by atoms with Gasteiger partial charge in [-0.1, -0.05) is 51.4 Å². The molecule has 26 heavy (non-hydrogen) atoms. The molecule has 4 heteroatoms. The average molecular weight is 378 g/mol. The van der Waals surface area contributed by atoms with Crippen molar-refractivity contribution in [2.45, 2.75) is 96.2 Å². The lowest BCUT2D eigenvalue weighted by Gasteiger charge is -2.15. The highest BCUT2D eigenvalue weighted by molar-refractivity contribution is 7.09. The molecule has 0 saturated carbocycles. The van der Waals surface area contributed by atoms with Crippen LogP contribution in [0.2, 0.25) is 0 Å². The second-order valence-corrected chi connectivity index (χ2v) is 9.01. The topological polar surface area (TPSA) is 34.6 Å². The van der Waals surface area contributed by atoms with E-state index in [4.69, 9.17) is 9.47 Å². The third-order valence-electron chi connectivity index (χ3n) is 5.85. The Kier molecular flexibility index (Phi) is 7.71. The summed E-state index contributed by atoms with van der Waals surface area (Å²) in [6, 6.07) is 0. The number of aryl methyl sites for hydroxylation is 1. The van der Waals surface area contributed by atoms with Gasteiger partial charge in [0.05, 0.1) is 16.8 Å². The number of aromatic nitrogens is 1. The number of ether oxygens (including phenoxy) is 2. The number of nitrogens with zero attached hydrogens (tertiary/aromatic N) is 1. The fourth-order valence-electron chi connectivity index (χ4n) is 4.19. The first-order valence-electron chi connectivity index (χ1n) is 10.6. The Labute approximate surface area is 163 Å². The zero-order valence-corrected chi connectivity index (χ0v) is 17.4. The van der Waals surface area contributed by atoms with Gasteiger partial charge in [-0.25, -0.2) is 4.98 Å². The van der Waals surface area contributed by atoms with Gasteiger partial charge in [-0.05, 0) is 38.3 Å². The summed E-state index contributed by atoms with van der Waals surface area (Å²) in [4.78, 5) is 4.60. The molecule has 2 saturated heterocycles. The first kappa shape index (κ1) is 20.0. The minimum atomic E-state index is -0.0576. The van der Waals surface area contributed by atoms with Crippen LogP contribution in [0, 0.1) is 6.92 Å². The van der Waals surface area contributed by atoms with Crippen LogP contribution < -0.4 is 0 Å². The van der Waals surface area contributed by atoms with Crippen LogP contribution in [0.5, 0.6) is 0 Å². The Morgan fingerprint density at radius 3 is 2.46 bits per heavy atom. The zero-order valence-electron chi connectivity index (χ0n) is 16.6. The zero-order chi connectivity index (χ0) is 18.2. The number of fused-ring (bicyclic) bond motifs is 1. The molecule has 3 nitrogen and oxygen atoms in total. The van der Waals surface area contributed by atoms with E-state index in [2.05, 4.69) is 30.3 Å². The molecule has 0 amide bonds. The lowest BCUT2D eigenvalue weighted by molar-refractivity contribution is 0.121. The molecule has 0 N–H and O–H groups in total. The summed E-state index contributed by atoms with van der Waals surface area (Å²) in [7, 11) is 0. The van der Waals surface area contributed by atoms with E-state index in [1.165, 1.54) is 63.4 Å².